The van der Waals surface area contributed by atoms with E-state index in [1.54, 1.807) is 42.1 Å². The van der Waals surface area contributed by atoms with Crippen LogP contribution in [0.4, 0.5) is 5.69 Å². The predicted octanol–water partition coefficient (Wildman–Crippen LogP) is 4.78. The van der Waals surface area contributed by atoms with Gasteiger partial charge in [0.1, 0.15) is 0 Å². The summed E-state index contributed by atoms with van der Waals surface area (Å²) in [6.07, 6.45) is 0.715. The Balaban J connectivity index is 1.25. The molecular formula is C22H18N2O3S2. The number of anilines is 1. The van der Waals surface area contributed by atoms with Crippen LogP contribution in [0.2, 0.25) is 0 Å². The first-order valence-electron chi connectivity index (χ1n) is 9.16. The second-order valence-electron chi connectivity index (χ2n) is 6.47. The lowest BCUT2D eigenvalue weighted by atomic mass is 10.1. The molecule has 0 saturated heterocycles. The minimum Gasteiger partial charge on any atom is -0.321 e. The van der Waals surface area contributed by atoms with E-state index in [0.29, 0.717) is 29.0 Å². The summed E-state index contributed by atoms with van der Waals surface area (Å²) in [5.41, 5.74) is 1.73. The molecule has 0 fully saturated rings. The number of carbonyl (C=O) groups excluding carboxylic acids is 3. The van der Waals surface area contributed by atoms with Gasteiger partial charge in [-0.25, -0.2) is 0 Å². The van der Waals surface area contributed by atoms with Crippen LogP contribution >= 0.6 is 23.1 Å². The molecule has 4 rings (SSSR count). The smallest absolute Gasteiger partial charge is 0.265 e. The van der Waals surface area contributed by atoms with Crippen molar-refractivity contribution in [2.75, 3.05) is 17.6 Å². The van der Waals surface area contributed by atoms with Crippen molar-refractivity contribution in [2.24, 2.45) is 0 Å². The minimum atomic E-state index is -0.207. The van der Waals surface area contributed by atoms with Gasteiger partial charge in [0.2, 0.25) is 0 Å². The molecule has 146 valence electrons. The van der Waals surface area contributed by atoms with Crippen molar-refractivity contribution >= 4 is 46.5 Å². The zero-order valence-electron chi connectivity index (χ0n) is 15.5. The Morgan fingerprint density at radius 1 is 0.931 bits per heavy atom. The Labute approximate surface area is 176 Å². The third-order valence-corrected chi connectivity index (χ3v) is 6.50. The number of carbonyl (C=O) groups is 3. The maximum Gasteiger partial charge on any atom is 0.265 e. The lowest BCUT2D eigenvalue weighted by Gasteiger charge is -2.13. The summed E-state index contributed by atoms with van der Waals surface area (Å²) in [6, 6.07) is 18.2. The minimum absolute atomic E-state index is 0.110. The molecule has 0 radical (unpaired) electrons. The van der Waals surface area contributed by atoms with E-state index in [9.17, 15) is 14.4 Å². The second-order valence-corrected chi connectivity index (χ2v) is 8.58. The molecule has 1 aliphatic heterocycles. The summed E-state index contributed by atoms with van der Waals surface area (Å²) in [6.45, 7) is 0.411. The molecule has 0 aliphatic carbocycles. The molecule has 2 aromatic carbocycles. The second kappa shape index (κ2) is 8.63. The number of rotatable bonds is 7. The third-order valence-electron chi connectivity index (χ3n) is 4.53. The zero-order chi connectivity index (χ0) is 20.2. The molecule has 1 N–H and O–H groups in total. The number of nitrogens with one attached hydrogen (secondary N) is 1. The number of fused-ring (bicyclic) bond motifs is 1. The lowest BCUT2D eigenvalue weighted by Crippen LogP contribution is -2.30. The number of imide groups is 1. The molecule has 0 bridgehead atoms. The number of thiophene rings is 1. The first kappa shape index (κ1) is 19.4. The molecule has 0 saturated carbocycles. The molecule has 0 unspecified atom stereocenters. The summed E-state index contributed by atoms with van der Waals surface area (Å²) >= 11 is 3.06. The van der Waals surface area contributed by atoms with Crippen molar-refractivity contribution in [3.05, 3.63) is 82.0 Å². The van der Waals surface area contributed by atoms with E-state index in [1.807, 2.05) is 35.7 Å². The Hall–Kier alpha value is -2.90. The average Bonchev–Trinajstić information content (AvgIpc) is 3.36. The van der Waals surface area contributed by atoms with E-state index in [4.69, 9.17) is 0 Å². The van der Waals surface area contributed by atoms with Crippen molar-refractivity contribution in [1.29, 1.82) is 0 Å². The molecule has 3 amide bonds. The molecule has 1 aliphatic rings. The summed E-state index contributed by atoms with van der Waals surface area (Å²) in [5.74, 6) is 0.262. The SMILES string of the molecule is O=C(Nc1ccc(SCCCN2C(=O)c3ccccc3C2=O)cc1)c1cccs1. The van der Waals surface area contributed by atoms with Crippen LogP contribution in [-0.4, -0.2) is 34.9 Å². The van der Waals surface area contributed by atoms with Gasteiger partial charge in [0.25, 0.3) is 17.7 Å². The molecule has 2 heterocycles. The Kier molecular flexibility index (Phi) is 5.78. The van der Waals surface area contributed by atoms with Gasteiger partial charge in [-0.2, -0.15) is 0 Å². The first-order chi connectivity index (χ1) is 14.1. The Morgan fingerprint density at radius 3 is 2.24 bits per heavy atom. The van der Waals surface area contributed by atoms with Crippen molar-refractivity contribution in [1.82, 2.24) is 4.90 Å². The van der Waals surface area contributed by atoms with Crippen molar-refractivity contribution in [2.45, 2.75) is 11.3 Å². The fourth-order valence-electron chi connectivity index (χ4n) is 3.09. The maximum absolute atomic E-state index is 12.3. The van der Waals surface area contributed by atoms with E-state index < -0.39 is 0 Å². The standard InChI is InChI=1S/C22H18N2O3S2/c25-20(19-7-3-13-29-19)23-15-8-10-16(11-9-15)28-14-4-12-24-21(26)17-5-1-2-6-18(17)22(24)27/h1-3,5-11,13H,4,12,14H2,(H,23,25). The van der Waals surface area contributed by atoms with Gasteiger partial charge >= 0.3 is 0 Å². The van der Waals surface area contributed by atoms with Crippen molar-refractivity contribution in [3.63, 3.8) is 0 Å². The largest absolute Gasteiger partial charge is 0.321 e. The van der Waals surface area contributed by atoms with Crippen LogP contribution in [-0.2, 0) is 0 Å². The number of hydrogen-bond donors (Lipinski definition) is 1. The molecule has 29 heavy (non-hydrogen) atoms. The highest BCUT2D eigenvalue weighted by Crippen LogP contribution is 2.25. The highest BCUT2D eigenvalue weighted by molar-refractivity contribution is 7.99. The number of thioether (sulfide) groups is 1. The average molecular weight is 423 g/mol. The predicted molar refractivity (Wildman–Crippen MR) is 116 cm³/mol. The monoisotopic (exact) mass is 422 g/mol. The normalized spacial score (nSPS) is 12.9. The molecule has 0 spiro atoms. The van der Waals surface area contributed by atoms with Crippen molar-refractivity contribution < 1.29 is 14.4 Å². The van der Waals surface area contributed by atoms with Crippen LogP contribution < -0.4 is 5.32 Å². The summed E-state index contributed by atoms with van der Waals surface area (Å²) in [4.78, 5) is 39.8. The van der Waals surface area contributed by atoms with E-state index in [0.717, 1.165) is 16.3 Å². The summed E-state index contributed by atoms with van der Waals surface area (Å²) < 4.78 is 0. The number of benzene rings is 2. The van der Waals surface area contributed by atoms with Gasteiger partial charge in [-0.1, -0.05) is 18.2 Å². The van der Waals surface area contributed by atoms with Gasteiger partial charge in [-0.05, 0) is 60.0 Å². The van der Waals surface area contributed by atoms with Crippen LogP contribution in [0.1, 0.15) is 36.8 Å². The van der Waals surface area contributed by atoms with Gasteiger partial charge in [-0.15, -0.1) is 23.1 Å². The summed E-state index contributed by atoms with van der Waals surface area (Å²) in [5, 5.41) is 4.75. The number of nitrogens with zero attached hydrogens (tertiary/aromatic N) is 1. The highest BCUT2D eigenvalue weighted by atomic mass is 32.2. The highest BCUT2D eigenvalue weighted by Gasteiger charge is 2.34. The number of amides is 3. The first-order valence-corrected chi connectivity index (χ1v) is 11.0. The third kappa shape index (κ3) is 4.26. The molecule has 1 aromatic heterocycles. The zero-order valence-corrected chi connectivity index (χ0v) is 17.1. The van der Waals surface area contributed by atoms with Crippen LogP contribution in [0.3, 0.4) is 0 Å². The van der Waals surface area contributed by atoms with Gasteiger partial charge in [0, 0.05) is 17.1 Å². The topological polar surface area (TPSA) is 66.5 Å². The molecule has 3 aromatic rings. The van der Waals surface area contributed by atoms with Gasteiger partial charge in [-0.3, -0.25) is 19.3 Å². The Bertz CT molecular complexity index is 1010. The van der Waals surface area contributed by atoms with E-state index in [1.165, 1.54) is 16.2 Å². The van der Waals surface area contributed by atoms with Crippen LogP contribution in [0.25, 0.3) is 0 Å². The number of hydrogen-bond acceptors (Lipinski definition) is 5. The summed E-state index contributed by atoms with van der Waals surface area (Å²) in [7, 11) is 0. The van der Waals surface area contributed by atoms with Gasteiger partial charge in [0.05, 0.1) is 16.0 Å². The van der Waals surface area contributed by atoms with E-state index in [-0.39, 0.29) is 17.7 Å². The van der Waals surface area contributed by atoms with Gasteiger partial charge in [0.15, 0.2) is 0 Å². The lowest BCUT2D eigenvalue weighted by molar-refractivity contribution is 0.0654. The van der Waals surface area contributed by atoms with Crippen molar-refractivity contribution in [3.8, 4) is 0 Å². The molecule has 0 atom stereocenters. The van der Waals surface area contributed by atoms with Crippen LogP contribution in [0.15, 0.2) is 70.9 Å². The van der Waals surface area contributed by atoms with Gasteiger partial charge < -0.3 is 5.32 Å². The Morgan fingerprint density at radius 2 is 1.62 bits per heavy atom. The van der Waals surface area contributed by atoms with E-state index in [2.05, 4.69) is 5.32 Å². The quantitative estimate of drug-likeness (QED) is 0.338. The van der Waals surface area contributed by atoms with Crippen LogP contribution in [0.5, 0.6) is 0 Å². The molecular weight excluding hydrogens is 404 g/mol. The molecule has 7 heteroatoms. The maximum atomic E-state index is 12.3. The van der Waals surface area contributed by atoms with Crippen LogP contribution in [0, 0.1) is 0 Å². The van der Waals surface area contributed by atoms with E-state index >= 15 is 0 Å². The fourth-order valence-corrected chi connectivity index (χ4v) is 4.55. The molecule has 5 nitrogen and oxygen atoms in total. The fraction of sp³-hybridized carbons (Fsp3) is 0.136.